The Hall–Kier alpha value is -1.92. The number of nitrogens with zero attached hydrogens (tertiary/aromatic N) is 4. The van der Waals surface area contributed by atoms with E-state index in [4.69, 9.17) is 12.2 Å². The molecule has 0 bridgehead atoms. The molecule has 1 aromatic heterocycles. The molecule has 5 nitrogen and oxygen atoms in total. The summed E-state index contributed by atoms with van der Waals surface area (Å²) in [5, 5.41) is 8.66. The van der Waals surface area contributed by atoms with Crippen LogP contribution in [-0.4, -0.2) is 50.9 Å². The molecule has 1 unspecified atom stereocenters. The summed E-state index contributed by atoms with van der Waals surface area (Å²) in [6.45, 7) is 11.5. The average Bonchev–Trinajstić information content (AvgIpc) is 2.99. The number of nitrogens with one attached hydrogen (secondary N) is 1. The van der Waals surface area contributed by atoms with Crippen LogP contribution in [0.4, 0.5) is 5.69 Å². The maximum atomic E-state index is 5.64. The second kappa shape index (κ2) is 8.85. The molecule has 1 aliphatic heterocycles. The van der Waals surface area contributed by atoms with Crippen molar-refractivity contribution in [2.45, 2.75) is 39.7 Å². The van der Waals surface area contributed by atoms with Crippen LogP contribution in [0.5, 0.6) is 0 Å². The number of piperazine rings is 1. The topological polar surface area (TPSA) is 36.3 Å². The third-order valence-electron chi connectivity index (χ3n) is 5.51. The molecule has 146 valence electrons. The first-order chi connectivity index (χ1) is 13.0. The SMILES string of the molecule is CCC(C)c1ccc(NC(=S)N2CCN(Cc3cn(C)nc3C)CC2)cc1. The van der Waals surface area contributed by atoms with E-state index in [1.54, 1.807) is 0 Å². The second-order valence-corrected chi connectivity index (χ2v) is 7.92. The summed E-state index contributed by atoms with van der Waals surface area (Å²) in [6.07, 6.45) is 3.28. The van der Waals surface area contributed by atoms with Gasteiger partial charge < -0.3 is 10.2 Å². The van der Waals surface area contributed by atoms with Crippen molar-refractivity contribution in [1.29, 1.82) is 0 Å². The zero-order valence-electron chi connectivity index (χ0n) is 16.9. The Balaban J connectivity index is 1.49. The van der Waals surface area contributed by atoms with Gasteiger partial charge in [-0.15, -0.1) is 0 Å². The van der Waals surface area contributed by atoms with Gasteiger partial charge in [0.05, 0.1) is 5.69 Å². The molecule has 1 aliphatic rings. The van der Waals surface area contributed by atoms with E-state index >= 15 is 0 Å². The number of benzene rings is 1. The largest absolute Gasteiger partial charge is 0.346 e. The highest BCUT2D eigenvalue weighted by Crippen LogP contribution is 2.21. The van der Waals surface area contributed by atoms with Gasteiger partial charge in [0.1, 0.15) is 0 Å². The molecule has 2 heterocycles. The molecule has 3 rings (SSSR count). The maximum Gasteiger partial charge on any atom is 0.173 e. The van der Waals surface area contributed by atoms with Gasteiger partial charge in [-0.05, 0) is 49.2 Å². The number of anilines is 1. The molecule has 6 heteroatoms. The van der Waals surface area contributed by atoms with Gasteiger partial charge in [-0.1, -0.05) is 26.0 Å². The molecular formula is C21H31N5S. The Bertz CT molecular complexity index is 759. The fourth-order valence-electron chi connectivity index (χ4n) is 3.49. The summed E-state index contributed by atoms with van der Waals surface area (Å²) in [4.78, 5) is 4.74. The Morgan fingerprint density at radius 3 is 2.41 bits per heavy atom. The minimum Gasteiger partial charge on any atom is -0.346 e. The molecule has 1 saturated heterocycles. The van der Waals surface area contributed by atoms with Crippen molar-refractivity contribution < 1.29 is 0 Å². The van der Waals surface area contributed by atoms with E-state index in [2.05, 4.69) is 71.4 Å². The zero-order valence-corrected chi connectivity index (χ0v) is 17.7. The molecule has 2 aromatic rings. The number of aryl methyl sites for hydroxylation is 2. The number of hydrogen-bond acceptors (Lipinski definition) is 3. The highest BCUT2D eigenvalue weighted by atomic mass is 32.1. The average molecular weight is 386 g/mol. The van der Waals surface area contributed by atoms with E-state index in [9.17, 15) is 0 Å². The predicted octanol–water partition coefficient (Wildman–Crippen LogP) is 3.76. The standard InChI is InChI=1S/C21H31N5S/c1-5-16(2)18-6-8-20(9-7-18)22-21(27)26-12-10-25(11-13-26)15-19-14-24(4)23-17(19)3/h6-9,14,16H,5,10-13,15H2,1-4H3,(H,22,27). The number of thiocarbonyl (C=S) groups is 1. The summed E-state index contributed by atoms with van der Waals surface area (Å²) in [5.74, 6) is 0.600. The van der Waals surface area contributed by atoms with Crippen LogP contribution in [0.25, 0.3) is 0 Å². The first kappa shape index (κ1) is 19.8. The molecular weight excluding hydrogens is 354 g/mol. The fourth-order valence-corrected chi connectivity index (χ4v) is 3.79. The Kier molecular flexibility index (Phi) is 6.50. The van der Waals surface area contributed by atoms with E-state index in [1.165, 1.54) is 11.1 Å². The van der Waals surface area contributed by atoms with Gasteiger partial charge in [-0.25, -0.2) is 0 Å². The van der Waals surface area contributed by atoms with Gasteiger partial charge in [0, 0.05) is 57.2 Å². The van der Waals surface area contributed by atoms with Crippen molar-refractivity contribution in [3.8, 4) is 0 Å². The lowest BCUT2D eigenvalue weighted by Gasteiger charge is -2.36. The summed E-state index contributed by atoms with van der Waals surface area (Å²) >= 11 is 5.64. The van der Waals surface area contributed by atoms with Gasteiger partial charge in [0.25, 0.3) is 0 Å². The van der Waals surface area contributed by atoms with Crippen LogP contribution in [0.3, 0.4) is 0 Å². The van der Waals surface area contributed by atoms with E-state index in [0.29, 0.717) is 5.92 Å². The van der Waals surface area contributed by atoms with Crippen LogP contribution in [0, 0.1) is 6.92 Å². The summed E-state index contributed by atoms with van der Waals surface area (Å²) in [6, 6.07) is 8.67. The number of aromatic nitrogens is 2. The highest BCUT2D eigenvalue weighted by Gasteiger charge is 2.20. The summed E-state index contributed by atoms with van der Waals surface area (Å²) in [7, 11) is 1.98. The third-order valence-corrected chi connectivity index (χ3v) is 5.87. The van der Waals surface area contributed by atoms with E-state index in [0.717, 1.165) is 55.6 Å². The maximum absolute atomic E-state index is 5.64. The third kappa shape index (κ3) is 5.08. The van der Waals surface area contributed by atoms with Gasteiger partial charge in [-0.2, -0.15) is 5.10 Å². The predicted molar refractivity (Wildman–Crippen MR) is 116 cm³/mol. The molecule has 1 aromatic carbocycles. The lowest BCUT2D eigenvalue weighted by atomic mass is 9.99. The highest BCUT2D eigenvalue weighted by molar-refractivity contribution is 7.80. The van der Waals surface area contributed by atoms with Crippen LogP contribution in [0.2, 0.25) is 0 Å². The van der Waals surface area contributed by atoms with E-state index < -0.39 is 0 Å². The first-order valence-electron chi connectivity index (χ1n) is 9.83. The quantitative estimate of drug-likeness (QED) is 0.793. The van der Waals surface area contributed by atoms with E-state index in [1.807, 2.05) is 11.7 Å². The minimum atomic E-state index is 0.600. The normalized spacial score (nSPS) is 16.4. The molecule has 0 aliphatic carbocycles. The van der Waals surface area contributed by atoms with Crippen LogP contribution in [0.1, 0.15) is 43.0 Å². The van der Waals surface area contributed by atoms with Crippen LogP contribution in [-0.2, 0) is 13.6 Å². The van der Waals surface area contributed by atoms with E-state index in [-0.39, 0.29) is 0 Å². The van der Waals surface area contributed by atoms with Crippen molar-refractivity contribution in [2.75, 3.05) is 31.5 Å². The zero-order chi connectivity index (χ0) is 19.4. The van der Waals surface area contributed by atoms with Crippen molar-refractivity contribution in [3.63, 3.8) is 0 Å². The molecule has 0 radical (unpaired) electrons. The molecule has 1 fully saturated rings. The van der Waals surface area contributed by atoms with Crippen molar-refractivity contribution in [3.05, 3.63) is 47.3 Å². The number of hydrogen-bond donors (Lipinski definition) is 1. The molecule has 0 amide bonds. The fraction of sp³-hybridized carbons (Fsp3) is 0.524. The van der Waals surface area contributed by atoms with Crippen molar-refractivity contribution in [1.82, 2.24) is 19.6 Å². The molecule has 1 N–H and O–H groups in total. The summed E-state index contributed by atoms with van der Waals surface area (Å²) < 4.78 is 1.90. The summed E-state index contributed by atoms with van der Waals surface area (Å²) in [5.41, 5.74) is 4.89. The Morgan fingerprint density at radius 1 is 1.19 bits per heavy atom. The molecule has 0 saturated carbocycles. The monoisotopic (exact) mass is 385 g/mol. The molecule has 27 heavy (non-hydrogen) atoms. The van der Waals surface area contributed by atoms with Crippen LogP contribution in [0.15, 0.2) is 30.5 Å². The van der Waals surface area contributed by atoms with Crippen molar-refractivity contribution >= 4 is 23.0 Å². The van der Waals surface area contributed by atoms with Gasteiger partial charge in [0.15, 0.2) is 5.11 Å². The first-order valence-corrected chi connectivity index (χ1v) is 10.2. The Labute approximate surface area is 168 Å². The van der Waals surface area contributed by atoms with Gasteiger partial charge in [0.2, 0.25) is 0 Å². The second-order valence-electron chi connectivity index (χ2n) is 7.54. The van der Waals surface area contributed by atoms with Gasteiger partial charge in [-0.3, -0.25) is 9.58 Å². The smallest absolute Gasteiger partial charge is 0.173 e. The van der Waals surface area contributed by atoms with Crippen molar-refractivity contribution in [2.24, 2.45) is 7.05 Å². The molecule has 0 spiro atoms. The lowest BCUT2D eigenvalue weighted by molar-refractivity contribution is 0.176. The lowest BCUT2D eigenvalue weighted by Crippen LogP contribution is -2.49. The number of rotatable bonds is 5. The Morgan fingerprint density at radius 2 is 1.85 bits per heavy atom. The van der Waals surface area contributed by atoms with Crippen LogP contribution >= 0.6 is 12.2 Å². The van der Waals surface area contributed by atoms with Gasteiger partial charge >= 0.3 is 0 Å². The van der Waals surface area contributed by atoms with Crippen LogP contribution < -0.4 is 5.32 Å². The minimum absolute atomic E-state index is 0.600. The molecule has 1 atom stereocenters.